The predicted molar refractivity (Wildman–Crippen MR) is 81.1 cm³/mol. The largest absolute Gasteiger partial charge is 0.388 e. The zero-order valence-corrected chi connectivity index (χ0v) is 12.9. The molecule has 1 aromatic rings. The molecule has 3 nitrogen and oxygen atoms in total. The van der Waals surface area contributed by atoms with Gasteiger partial charge < -0.3 is 10.0 Å². The molecule has 1 N–H and O–H groups in total. The molecule has 1 atom stereocenters. The van der Waals surface area contributed by atoms with Gasteiger partial charge in [0.1, 0.15) is 0 Å². The van der Waals surface area contributed by atoms with E-state index in [9.17, 15) is 9.90 Å². The lowest BCUT2D eigenvalue weighted by Crippen LogP contribution is -2.44. The normalized spacial score (nSPS) is 24.4. The van der Waals surface area contributed by atoms with E-state index in [1.807, 2.05) is 7.05 Å². The minimum atomic E-state index is -0.642. The highest BCUT2D eigenvalue weighted by Crippen LogP contribution is 2.37. The summed E-state index contributed by atoms with van der Waals surface area (Å²) >= 11 is 1.77. The number of nitrogens with zero attached hydrogens (tertiary/aromatic N) is 1. The number of fused-ring (bicyclic) bond motifs is 1. The van der Waals surface area contributed by atoms with Crippen molar-refractivity contribution in [3.05, 3.63) is 21.9 Å². The fourth-order valence-electron chi connectivity index (χ4n) is 3.72. The van der Waals surface area contributed by atoms with Crippen LogP contribution in [0.1, 0.15) is 54.9 Å². The topological polar surface area (TPSA) is 40.5 Å². The van der Waals surface area contributed by atoms with Crippen molar-refractivity contribution in [1.82, 2.24) is 4.90 Å². The molecule has 3 rings (SSSR count). The van der Waals surface area contributed by atoms with Crippen LogP contribution in [0.4, 0.5) is 0 Å². The molecule has 1 unspecified atom stereocenters. The van der Waals surface area contributed by atoms with Gasteiger partial charge in [-0.15, -0.1) is 11.3 Å². The van der Waals surface area contributed by atoms with Crippen LogP contribution in [0.5, 0.6) is 0 Å². The number of rotatable bonds is 3. The third-order valence-electron chi connectivity index (χ3n) is 4.79. The molecule has 0 aliphatic heterocycles. The molecular weight excluding hydrogens is 270 g/mol. The summed E-state index contributed by atoms with van der Waals surface area (Å²) in [5, 5.41) is 12.6. The molecular formula is C16H23NO2S. The summed E-state index contributed by atoms with van der Waals surface area (Å²) in [6.45, 7) is 0.488. The van der Waals surface area contributed by atoms with Crippen molar-refractivity contribution in [3.8, 4) is 0 Å². The van der Waals surface area contributed by atoms with E-state index in [2.05, 4.69) is 11.4 Å². The molecule has 2 aliphatic carbocycles. The van der Waals surface area contributed by atoms with E-state index >= 15 is 0 Å². The number of carbonyl (C=O) groups excluding carboxylic acids is 1. The van der Waals surface area contributed by atoms with Crippen molar-refractivity contribution in [1.29, 1.82) is 0 Å². The monoisotopic (exact) mass is 293 g/mol. The van der Waals surface area contributed by atoms with Crippen LogP contribution in [0, 0.1) is 0 Å². The number of aryl methyl sites for hydroxylation is 1. The summed E-state index contributed by atoms with van der Waals surface area (Å²) in [7, 11) is 1.85. The van der Waals surface area contributed by atoms with Crippen molar-refractivity contribution >= 4 is 17.2 Å². The quantitative estimate of drug-likeness (QED) is 0.931. The maximum Gasteiger partial charge on any atom is 0.229 e. The molecule has 1 heterocycles. The fourth-order valence-corrected chi connectivity index (χ4v) is 4.71. The molecule has 2 aliphatic rings. The second kappa shape index (κ2) is 5.49. The molecule has 1 aromatic heterocycles. The van der Waals surface area contributed by atoms with Crippen molar-refractivity contribution in [2.75, 3.05) is 13.6 Å². The van der Waals surface area contributed by atoms with Crippen LogP contribution < -0.4 is 0 Å². The highest BCUT2D eigenvalue weighted by Gasteiger charge is 2.36. The Morgan fingerprint density at radius 1 is 1.45 bits per heavy atom. The van der Waals surface area contributed by atoms with Crippen molar-refractivity contribution in [2.45, 2.75) is 56.5 Å². The lowest BCUT2D eigenvalue weighted by molar-refractivity contribution is -0.135. The number of likely N-dealkylation sites (N-methyl/N-ethyl adjacent to an activating group) is 1. The average Bonchev–Trinajstić information content (AvgIpc) is 3.06. The van der Waals surface area contributed by atoms with Crippen molar-refractivity contribution in [2.24, 2.45) is 0 Å². The molecule has 1 amide bonds. The van der Waals surface area contributed by atoms with Crippen LogP contribution in [-0.4, -0.2) is 35.1 Å². The molecule has 0 radical (unpaired) electrons. The van der Waals surface area contributed by atoms with Gasteiger partial charge in [-0.05, 0) is 49.1 Å². The smallest absolute Gasteiger partial charge is 0.229 e. The van der Waals surface area contributed by atoms with Crippen LogP contribution >= 0.6 is 11.3 Å². The predicted octanol–water partition coefficient (Wildman–Crippen LogP) is 2.93. The number of hydrogen-bond donors (Lipinski definition) is 1. The van der Waals surface area contributed by atoms with Gasteiger partial charge in [0.25, 0.3) is 0 Å². The first kappa shape index (κ1) is 14.1. The number of hydrogen-bond acceptors (Lipinski definition) is 3. The second-order valence-corrected chi connectivity index (χ2v) is 7.37. The van der Waals surface area contributed by atoms with Crippen LogP contribution in [0.25, 0.3) is 0 Å². The Bertz CT molecular complexity index is 490. The Morgan fingerprint density at radius 2 is 2.20 bits per heavy atom. The van der Waals surface area contributed by atoms with E-state index < -0.39 is 5.60 Å². The van der Waals surface area contributed by atoms with Crippen LogP contribution in [-0.2, 0) is 11.2 Å². The Morgan fingerprint density at radius 3 is 2.95 bits per heavy atom. The van der Waals surface area contributed by atoms with Crippen molar-refractivity contribution < 1.29 is 9.90 Å². The second-order valence-electron chi connectivity index (χ2n) is 6.37. The minimum absolute atomic E-state index is 0.0139. The number of carbonyl (C=O) groups is 1. The van der Waals surface area contributed by atoms with E-state index in [1.165, 1.54) is 10.4 Å². The van der Waals surface area contributed by atoms with E-state index in [0.717, 1.165) is 44.9 Å². The standard InChI is InChI=1S/C16H23NO2S/c1-17(11-16(19)8-2-3-9-16)15(18)13-5-4-6-14-12(13)7-10-20-14/h7,10,13,19H,2-6,8-9,11H2,1H3. The SMILES string of the molecule is CN(CC1(O)CCCC1)C(=O)C1CCCc2sccc21. The van der Waals surface area contributed by atoms with Gasteiger partial charge in [0.15, 0.2) is 0 Å². The zero-order chi connectivity index (χ0) is 14.2. The molecule has 20 heavy (non-hydrogen) atoms. The summed E-state index contributed by atoms with van der Waals surface area (Å²) in [6.07, 6.45) is 6.99. The van der Waals surface area contributed by atoms with Gasteiger partial charge in [0.05, 0.1) is 11.5 Å². The maximum atomic E-state index is 12.7. The van der Waals surface area contributed by atoms with Crippen molar-refractivity contribution in [3.63, 3.8) is 0 Å². The van der Waals surface area contributed by atoms with E-state index in [4.69, 9.17) is 0 Å². The Kier molecular flexibility index (Phi) is 3.87. The Labute approximate surface area is 124 Å². The first-order valence-electron chi connectivity index (χ1n) is 7.63. The third kappa shape index (κ3) is 2.63. The highest BCUT2D eigenvalue weighted by atomic mass is 32.1. The molecule has 0 aromatic carbocycles. The number of amides is 1. The average molecular weight is 293 g/mol. The summed E-state index contributed by atoms with van der Waals surface area (Å²) < 4.78 is 0. The molecule has 1 fully saturated rings. The summed E-state index contributed by atoms with van der Waals surface area (Å²) in [5.74, 6) is 0.199. The van der Waals surface area contributed by atoms with Crippen LogP contribution in [0.15, 0.2) is 11.4 Å². The van der Waals surface area contributed by atoms with Crippen LogP contribution in [0.3, 0.4) is 0 Å². The van der Waals surface area contributed by atoms with Gasteiger partial charge in [-0.1, -0.05) is 12.8 Å². The number of thiophene rings is 1. The van der Waals surface area contributed by atoms with Gasteiger partial charge in [-0.2, -0.15) is 0 Å². The fraction of sp³-hybridized carbons (Fsp3) is 0.688. The lowest BCUT2D eigenvalue weighted by Gasteiger charge is -2.32. The summed E-state index contributed by atoms with van der Waals surface area (Å²) in [5.41, 5.74) is 0.591. The van der Waals surface area contributed by atoms with Gasteiger partial charge in [-0.3, -0.25) is 4.79 Å². The van der Waals surface area contributed by atoms with Gasteiger partial charge in [-0.25, -0.2) is 0 Å². The molecule has 0 saturated heterocycles. The van der Waals surface area contributed by atoms with Gasteiger partial charge in [0, 0.05) is 18.5 Å². The lowest BCUT2D eigenvalue weighted by atomic mass is 9.86. The van der Waals surface area contributed by atoms with Gasteiger partial charge >= 0.3 is 0 Å². The molecule has 0 bridgehead atoms. The van der Waals surface area contributed by atoms with E-state index in [-0.39, 0.29) is 11.8 Å². The maximum absolute atomic E-state index is 12.7. The Hall–Kier alpha value is -0.870. The number of aliphatic hydroxyl groups is 1. The third-order valence-corrected chi connectivity index (χ3v) is 5.79. The van der Waals surface area contributed by atoms with Crippen LogP contribution in [0.2, 0.25) is 0 Å². The first-order valence-corrected chi connectivity index (χ1v) is 8.51. The Balaban J connectivity index is 1.70. The molecule has 4 heteroatoms. The minimum Gasteiger partial charge on any atom is -0.388 e. The summed E-state index contributed by atoms with van der Waals surface area (Å²) in [4.78, 5) is 15.9. The highest BCUT2D eigenvalue weighted by molar-refractivity contribution is 7.10. The van der Waals surface area contributed by atoms with E-state index in [1.54, 1.807) is 16.2 Å². The zero-order valence-electron chi connectivity index (χ0n) is 12.1. The molecule has 110 valence electrons. The first-order chi connectivity index (χ1) is 9.59. The van der Waals surface area contributed by atoms with Gasteiger partial charge in [0.2, 0.25) is 5.91 Å². The molecule has 1 saturated carbocycles. The molecule has 0 spiro atoms. The van der Waals surface area contributed by atoms with E-state index in [0.29, 0.717) is 6.54 Å². The summed E-state index contributed by atoms with van der Waals surface area (Å²) in [6, 6.07) is 2.11.